The predicted octanol–water partition coefficient (Wildman–Crippen LogP) is 4.22. The topological polar surface area (TPSA) is 20.3 Å². The zero-order valence-corrected chi connectivity index (χ0v) is 12.4. The summed E-state index contributed by atoms with van der Waals surface area (Å²) in [6.45, 7) is 4.86. The Hall–Kier alpha value is -2.09. The highest BCUT2D eigenvalue weighted by atomic mass is 16.1. The number of carbonyl (C=O) groups is 1. The summed E-state index contributed by atoms with van der Waals surface area (Å²) in [5.74, 6) is 0.192. The lowest BCUT2D eigenvalue weighted by molar-refractivity contribution is 0.0988. The average molecular weight is 267 g/mol. The highest BCUT2D eigenvalue weighted by Crippen LogP contribution is 2.17. The third-order valence-corrected chi connectivity index (χ3v) is 3.45. The molecule has 0 bridgehead atoms. The average Bonchev–Trinajstić information content (AvgIpc) is 2.46. The molecule has 0 fully saturated rings. The number of nitrogens with zero attached hydrogens (tertiary/aromatic N) is 1. The van der Waals surface area contributed by atoms with E-state index in [1.165, 1.54) is 11.1 Å². The summed E-state index contributed by atoms with van der Waals surface area (Å²) in [5.41, 5.74) is 4.49. The molecule has 0 heterocycles. The Morgan fingerprint density at radius 3 is 2.40 bits per heavy atom. The number of aryl methyl sites for hydroxylation is 1. The van der Waals surface area contributed by atoms with E-state index in [0.717, 1.165) is 17.8 Å². The number of hydrogen-bond acceptors (Lipinski definition) is 2. The van der Waals surface area contributed by atoms with Crippen LogP contribution in [0.15, 0.2) is 48.5 Å². The van der Waals surface area contributed by atoms with Gasteiger partial charge in [0.15, 0.2) is 5.78 Å². The quantitative estimate of drug-likeness (QED) is 0.756. The molecule has 0 unspecified atom stereocenters. The molecule has 0 aliphatic rings. The van der Waals surface area contributed by atoms with Crippen LogP contribution >= 0.6 is 0 Å². The minimum atomic E-state index is 0.192. The molecule has 0 spiro atoms. The first-order valence-corrected chi connectivity index (χ1v) is 7.00. The molecule has 0 aliphatic heterocycles. The largest absolute Gasteiger partial charge is 0.370 e. The van der Waals surface area contributed by atoms with Crippen LogP contribution in [0.4, 0.5) is 5.69 Å². The zero-order chi connectivity index (χ0) is 14.5. The number of benzene rings is 2. The molecule has 0 radical (unpaired) electrons. The van der Waals surface area contributed by atoms with E-state index in [1.54, 1.807) is 0 Å². The summed E-state index contributed by atoms with van der Waals surface area (Å²) < 4.78 is 0. The number of anilines is 1. The second-order valence-electron chi connectivity index (χ2n) is 5.17. The SMILES string of the molecule is CCC(=O)c1ccc(N(C)Cc2cccc(C)c2)cc1. The Balaban J connectivity index is 2.09. The van der Waals surface area contributed by atoms with Gasteiger partial charge in [-0.25, -0.2) is 0 Å². The molecule has 2 nitrogen and oxygen atoms in total. The molecule has 2 heteroatoms. The van der Waals surface area contributed by atoms with E-state index < -0.39 is 0 Å². The van der Waals surface area contributed by atoms with Gasteiger partial charge in [0.05, 0.1) is 0 Å². The third-order valence-electron chi connectivity index (χ3n) is 3.45. The fraction of sp³-hybridized carbons (Fsp3) is 0.278. The van der Waals surface area contributed by atoms with Crippen molar-refractivity contribution in [2.45, 2.75) is 26.8 Å². The summed E-state index contributed by atoms with van der Waals surface area (Å²) in [4.78, 5) is 13.8. The van der Waals surface area contributed by atoms with E-state index in [1.807, 2.05) is 31.2 Å². The van der Waals surface area contributed by atoms with E-state index in [2.05, 4.69) is 43.1 Å². The molecular formula is C18H21NO. The minimum absolute atomic E-state index is 0.192. The van der Waals surface area contributed by atoms with Gasteiger partial charge in [0.25, 0.3) is 0 Å². The van der Waals surface area contributed by atoms with Crippen LogP contribution in [0.2, 0.25) is 0 Å². The lowest BCUT2D eigenvalue weighted by Crippen LogP contribution is -2.16. The molecule has 0 saturated heterocycles. The van der Waals surface area contributed by atoms with Crippen LogP contribution in [0.5, 0.6) is 0 Å². The Morgan fingerprint density at radius 2 is 1.80 bits per heavy atom. The van der Waals surface area contributed by atoms with Gasteiger partial charge in [-0.3, -0.25) is 4.79 Å². The van der Waals surface area contributed by atoms with Gasteiger partial charge < -0.3 is 4.90 Å². The molecule has 20 heavy (non-hydrogen) atoms. The van der Waals surface area contributed by atoms with E-state index in [-0.39, 0.29) is 5.78 Å². The van der Waals surface area contributed by atoms with Crippen molar-refractivity contribution in [2.75, 3.05) is 11.9 Å². The molecular weight excluding hydrogens is 246 g/mol. The Morgan fingerprint density at radius 1 is 1.10 bits per heavy atom. The summed E-state index contributed by atoms with van der Waals surface area (Å²) in [6, 6.07) is 16.4. The molecule has 2 rings (SSSR count). The summed E-state index contributed by atoms with van der Waals surface area (Å²) in [6.07, 6.45) is 0.554. The van der Waals surface area contributed by atoms with Gasteiger partial charge in [-0.2, -0.15) is 0 Å². The van der Waals surface area contributed by atoms with Crippen LogP contribution in [0.3, 0.4) is 0 Å². The van der Waals surface area contributed by atoms with Crippen molar-refractivity contribution in [2.24, 2.45) is 0 Å². The fourth-order valence-electron chi connectivity index (χ4n) is 2.28. The highest BCUT2D eigenvalue weighted by Gasteiger charge is 2.05. The third kappa shape index (κ3) is 3.47. The second kappa shape index (κ2) is 6.38. The lowest BCUT2D eigenvalue weighted by Gasteiger charge is -2.20. The molecule has 2 aromatic rings. The van der Waals surface area contributed by atoms with Crippen LogP contribution in [-0.2, 0) is 6.54 Å². The number of Topliss-reactive ketones (excluding diaryl/α,β-unsaturated/α-hetero) is 1. The molecule has 104 valence electrons. The molecule has 0 amide bonds. The second-order valence-corrected chi connectivity index (χ2v) is 5.17. The van der Waals surface area contributed by atoms with Gasteiger partial charge in [0.1, 0.15) is 0 Å². The Bertz CT molecular complexity index is 587. The van der Waals surface area contributed by atoms with Gasteiger partial charge >= 0.3 is 0 Å². The standard InChI is InChI=1S/C18H21NO/c1-4-18(20)16-8-10-17(11-9-16)19(3)13-15-7-5-6-14(2)12-15/h5-12H,4,13H2,1-3H3. The van der Waals surface area contributed by atoms with Gasteiger partial charge in [0.2, 0.25) is 0 Å². The van der Waals surface area contributed by atoms with Gasteiger partial charge in [-0.05, 0) is 36.8 Å². The first kappa shape index (κ1) is 14.3. The molecule has 0 N–H and O–H groups in total. The van der Waals surface area contributed by atoms with Crippen LogP contribution in [-0.4, -0.2) is 12.8 Å². The highest BCUT2D eigenvalue weighted by molar-refractivity contribution is 5.96. The van der Waals surface area contributed by atoms with E-state index in [9.17, 15) is 4.79 Å². The smallest absolute Gasteiger partial charge is 0.162 e. The Labute approximate surface area is 121 Å². The zero-order valence-electron chi connectivity index (χ0n) is 12.4. The van der Waals surface area contributed by atoms with Crippen molar-refractivity contribution in [1.29, 1.82) is 0 Å². The maximum atomic E-state index is 11.6. The van der Waals surface area contributed by atoms with Crippen LogP contribution < -0.4 is 4.90 Å². The van der Waals surface area contributed by atoms with Crippen molar-refractivity contribution in [1.82, 2.24) is 0 Å². The monoisotopic (exact) mass is 267 g/mol. The van der Waals surface area contributed by atoms with Crippen molar-refractivity contribution in [3.63, 3.8) is 0 Å². The van der Waals surface area contributed by atoms with E-state index in [0.29, 0.717) is 6.42 Å². The molecule has 0 saturated carbocycles. The Kier molecular flexibility index (Phi) is 4.57. The number of rotatable bonds is 5. The van der Waals surface area contributed by atoms with E-state index in [4.69, 9.17) is 0 Å². The normalized spacial score (nSPS) is 10.3. The fourth-order valence-corrected chi connectivity index (χ4v) is 2.28. The first-order chi connectivity index (χ1) is 9.60. The molecule has 0 atom stereocenters. The minimum Gasteiger partial charge on any atom is -0.370 e. The van der Waals surface area contributed by atoms with Crippen molar-refractivity contribution < 1.29 is 4.79 Å². The van der Waals surface area contributed by atoms with Crippen LogP contribution in [0.1, 0.15) is 34.8 Å². The van der Waals surface area contributed by atoms with Crippen LogP contribution in [0, 0.1) is 6.92 Å². The van der Waals surface area contributed by atoms with Gasteiger partial charge in [-0.15, -0.1) is 0 Å². The molecule has 0 aliphatic carbocycles. The summed E-state index contributed by atoms with van der Waals surface area (Å²) >= 11 is 0. The number of hydrogen-bond donors (Lipinski definition) is 0. The maximum Gasteiger partial charge on any atom is 0.162 e. The summed E-state index contributed by atoms with van der Waals surface area (Å²) in [7, 11) is 2.07. The van der Waals surface area contributed by atoms with E-state index >= 15 is 0 Å². The van der Waals surface area contributed by atoms with Gasteiger partial charge in [0, 0.05) is 31.3 Å². The van der Waals surface area contributed by atoms with Gasteiger partial charge in [-0.1, -0.05) is 36.8 Å². The summed E-state index contributed by atoms with van der Waals surface area (Å²) in [5, 5.41) is 0. The number of carbonyl (C=O) groups excluding carboxylic acids is 1. The first-order valence-electron chi connectivity index (χ1n) is 7.00. The molecule has 2 aromatic carbocycles. The lowest BCUT2D eigenvalue weighted by atomic mass is 10.1. The number of ketones is 1. The van der Waals surface area contributed by atoms with Crippen molar-refractivity contribution in [3.05, 3.63) is 65.2 Å². The van der Waals surface area contributed by atoms with Crippen molar-refractivity contribution >= 4 is 11.5 Å². The van der Waals surface area contributed by atoms with Crippen LogP contribution in [0.25, 0.3) is 0 Å². The molecule has 0 aromatic heterocycles. The van der Waals surface area contributed by atoms with Crippen molar-refractivity contribution in [3.8, 4) is 0 Å². The maximum absolute atomic E-state index is 11.6. The predicted molar refractivity (Wildman–Crippen MR) is 84.3 cm³/mol.